The lowest BCUT2D eigenvalue weighted by molar-refractivity contribution is -0.135. The minimum absolute atomic E-state index is 0.0215. The first-order chi connectivity index (χ1) is 17.7. The Hall–Kier alpha value is -3.63. The van der Waals surface area contributed by atoms with Crippen molar-refractivity contribution in [3.05, 3.63) is 53.6 Å². The molecule has 0 saturated carbocycles. The van der Waals surface area contributed by atoms with E-state index in [0.29, 0.717) is 43.2 Å². The number of fused-ring (bicyclic) bond motifs is 9. The lowest BCUT2D eigenvalue weighted by Crippen LogP contribution is -2.55. The van der Waals surface area contributed by atoms with E-state index < -0.39 is 5.97 Å². The van der Waals surface area contributed by atoms with Crippen LogP contribution in [0.4, 0.5) is 0 Å². The van der Waals surface area contributed by atoms with E-state index in [2.05, 4.69) is 10.6 Å². The fourth-order valence-electron chi connectivity index (χ4n) is 4.15. The summed E-state index contributed by atoms with van der Waals surface area (Å²) in [6, 6.07) is 13.3. The van der Waals surface area contributed by atoms with Gasteiger partial charge in [-0.15, -0.1) is 0 Å². The van der Waals surface area contributed by atoms with Crippen molar-refractivity contribution in [2.24, 2.45) is 0 Å². The number of rotatable bonds is 1. The first-order valence-electron chi connectivity index (χ1n) is 12.2. The maximum atomic E-state index is 12.6. The highest BCUT2D eigenvalue weighted by atomic mass is 16.5. The van der Waals surface area contributed by atoms with E-state index in [1.807, 2.05) is 42.5 Å². The number of aliphatic carboxylic acids is 1. The van der Waals surface area contributed by atoms with E-state index in [0.717, 1.165) is 31.0 Å². The van der Waals surface area contributed by atoms with Gasteiger partial charge < -0.3 is 34.9 Å². The Bertz CT molecular complexity index is 1090. The van der Waals surface area contributed by atoms with Gasteiger partial charge in [0, 0.05) is 26.9 Å². The number of carbonyl (C=O) groups excluding carboxylic acids is 2. The van der Waals surface area contributed by atoms with E-state index in [9.17, 15) is 9.59 Å². The molecule has 0 unspecified atom stereocenters. The highest BCUT2D eigenvalue weighted by molar-refractivity contribution is 5.84. The van der Waals surface area contributed by atoms with Crippen LogP contribution in [0.5, 0.6) is 17.2 Å². The predicted octanol–water partition coefficient (Wildman–Crippen LogP) is 2.35. The van der Waals surface area contributed by atoms with Crippen LogP contribution in [0.3, 0.4) is 0 Å². The van der Waals surface area contributed by atoms with Gasteiger partial charge >= 0.3 is 0 Å². The molecule has 3 aliphatic rings. The first-order valence-corrected chi connectivity index (χ1v) is 12.2. The van der Waals surface area contributed by atoms with Gasteiger partial charge in [-0.3, -0.25) is 14.4 Å². The van der Waals surface area contributed by atoms with E-state index in [-0.39, 0.29) is 30.5 Å². The van der Waals surface area contributed by atoms with Gasteiger partial charge in [0.25, 0.3) is 5.97 Å². The van der Waals surface area contributed by atoms with Crippen LogP contribution in [-0.2, 0) is 32.1 Å². The minimum Gasteiger partial charge on any atom is -0.493 e. The molecule has 0 radical (unpaired) electrons. The molecule has 2 atom stereocenters. The Balaban J connectivity index is 0.000000886. The highest BCUT2D eigenvalue weighted by Crippen LogP contribution is 2.33. The van der Waals surface area contributed by atoms with Crippen LogP contribution in [0.15, 0.2) is 42.5 Å². The summed E-state index contributed by atoms with van der Waals surface area (Å²) in [6.07, 6.45) is 1.45. The van der Waals surface area contributed by atoms with Crippen LogP contribution in [0, 0.1) is 0 Å². The largest absolute Gasteiger partial charge is 0.493 e. The highest BCUT2D eigenvalue weighted by Gasteiger charge is 2.28. The molecule has 5 rings (SSSR count). The van der Waals surface area contributed by atoms with Crippen molar-refractivity contribution in [1.82, 2.24) is 15.5 Å². The molecule has 0 aromatic heterocycles. The average Bonchev–Trinajstić information content (AvgIpc) is 2.86. The number of carbonyl (C=O) groups is 3. The smallest absolute Gasteiger partial charge is 0.300 e. The summed E-state index contributed by atoms with van der Waals surface area (Å²) in [5, 5.41) is 13.8. The number of aryl methyl sites for hydroxylation is 1. The number of likely N-dealkylation sites (N-methyl/N-ethyl adjacent to an activating group) is 1. The second-order valence-corrected chi connectivity index (χ2v) is 9.02. The third-order valence-corrected chi connectivity index (χ3v) is 6.03. The molecule has 37 heavy (non-hydrogen) atoms. The Labute approximate surface area is 216 Å². The van der Waals surface area contributed by atoms with Gasteiger partial charge in [-0.2, -0.15) is 0 Å². The third-order valence-electron chi connectivity index (χ3n) is 6.03. The minimum atomic E-state index is -0.833. The van der Waals surface area contributed by atoms with Crippen LogP contribution >= 0.6 is 0 Å². The molecule has 10 nitrogen and oxygen atoms in total. The number of hydrogen-bond acceptors (Lipinski definition) is 7. The second-order valence-electron chi connectivity index (χ2n) is 9.02. The van der Waals surface area contributed by atoms with E-state index >= 15 is 0 Å². The topological polar surface area (TPSA) is 126 Å². The van der Waals surface area contributed by atoms with E-state index in [4.69, 9.17) is 24.1 Å². The van der Waals surface area contributed by atoms with E-state index in [1.165, 1.54) is 4.90 Å². The molecule has 2 amide bonds. The van der Waals surface area contributed by atoms with Crippen molar-refractivity contribution >= 4 is 17.8 Å². The van der Waals surface area contributed by atoms with Crippen LogP contribution in [0.2, 0.25) is 0 Å². The SMILES string of the molecule is CC(=O)O.COc1cc2ccc1Oc1cccc(c1)CO[C@H]1CNCC[C@@H]1NC(=O)CN(C)C(=O)CC2. The van der Waals surface area contributed by atoms with Crippen LogP contribution in [-0.4, -0.2) is 73.7 Å². The molecule has 3 heterocycles. The molecule has 2 aromatic carbocycles. The van der Waals surface area contributed by atoms with Gasteiger partial charge in [0.2, 0.25) is 11.8 Å². The Kier molecular flexibility index (Phi) is 10.3. The number of hydrogen-bond donors (Lipinski definition) is 3. The van der Waals surface area contributed by atoms with E-state index in [1.54, 1.807) is 14.2 Å². The summed E-state index contributed by atoms with van der Waals surface area (Å²) in [7, 11) is 3.25. The number of piperidine rings is 1. The lowest BCUT2D eigenvalue weighted by atomic mass is 10.0. The molecule has 4 bridgehead atoms. The summed E-state index contributed by atoms with van der Waals surface area (Å²) in [6.45, 7) is 2.96. The zero-order valence-corrected chi connectivity index (χ0v) is 21.5. The summed E-state index contributed by atoms with van der Waals surface area (Å²) in [5.41, 5.74) is 1.94. The molecule has 200 valence electrons. The summed E-state index contributed by atoms with van der Waals surface area (Å²) < 4.78 is 17.8. The third kappa shape index (κ3) is 8.76. The number of ether oxygens (including phenoxy) is 3. The number of nitrogens with one attached hydrogen (secondary N) is 2. The monoisotopic (exact) mass is 513 g/mol. The zero-order chi connectivity index (χ0) is 26.8. The van der Waals surface area contributed by atoms with Crippen molar-refractivity contribution in [3.63, 3.8) is 0 Å². The van der Waals surface area contributed by atoms with Gasteiger partial charge in [0.15, 0.2) is 11.5 Å². The molecular weight excluding hydrogens is 478 g/mol. The van der Waals surface area contributed by atoms with Crippen molar-refractivity contribution < 1.29 is 33.7 Å². The molecule has 1 saturated heterocycles. The maximum Gasteiger partial charge on any atom is 0.300 e. The number of carboxylic acid groups (broad SMARTS) is 1. The lowest BCUT2D eigenvalue weighted by Gasteiger charge is -2.33. The summed E-state index contributed by atoms with van der Waals surface area (Å²) >= 11 is 0. The molecule has 3 aliphatic heterocycles. The number of carboxylic acids is 1. The molecule has 3 N–H and O–H groups in total. The summed E-state index contributed by atoms with van der Waals surface area (Å²) in [4.78, 5) is 35.7. The molecule has 1 fully saturated rings. The number of methoxy groups -OCH3 is 1. The Morgan fingerprint density at radius 3 is 2.68 bits per heavy atom. The number of nitrogens with zero attached hydrogens (tertiary/aromatic N) is 1. The van der Waals surface area contributed by atoms with Crippen LogP contribution < -0.4 is 20.1 Å². The van der Waals surface area contributed by atoms with Gasteiger partial charge in [0.1, 0.15) is 5.75 Å². The molecule has 0 spiro atoms. The molecule has 10 heteroatoms. The number of benzene rings is 2. The van der Waals surface area contributed by atoms with Gasteiger partial charge in [-0.25, -0.2) is 0 Å². The van der Waals surface area contributed by atoms with Crippen LogP contribution in [0.25, 0.3) is 0 Å². The summed E-state index contributed by atoms with van der Waals surface area (Å²) in [5.74, 6) is 0.793. The normalized spacial score (nSPS) is 20.6. The fraction of sp³-hybridized carbons (Fsp3) is 0.444. The predicted molar refractivity (Wildman–Crippen MR) is 137 cm³/mol. The first kappa shape index (κ1) is 27.9. The molecule has 2 aromatic rings. The van der Waals surface area contributed by atoms with Crippen molar-refractivity contribution in [3.8, 4) is 17.2 Å². The van der Waals surface area contributed by atoms with Crippen molar-refractivity contribution in [2.75, 3.05) is 33.8 Å². The molecular formula is C27H35N3O7. The van der Waals surface area contributed by atoms with Crippen molar-refractivity contribution in [1.29, 1.82) is 0 Å². The Morgan fingerprint density at radius 2 is 1.92 bits per heavy atom. The van der Waals surface area contributed by atoms with Gasteiger partial charge in [0.05, 0.1) is 32.4 Å². The Morgan fingerprint density at radius 1 is 1.14 bits per heavy atom. The number of amides is 2. The quantitative estimate of drug-likeness (QED) is 0.531. The molecule has 0 aliphatic carbocycles. The van der Waals surface area contributed by atoms with Crippen LogP contribution in [0.1, 0.15) is 30.9 Å². The standard InChI is InChI=1S/C25H31N3O5.C2H4O2/c1-28-15-24(29)27-20-10-11-26-14-23(20)32-16-18-4-3-5-19(12-18)33-21-8-6-17(7-9-25(28)30)13-22(21)31-2;1-2(3)4/h3-6,8,12-13,20,23,26H,7,9-11,14-16H2,1-2H3,(H,27,29);1H3,(H,3,4)/t20-,23-;/m0./s1. The van der Waals surface area contributed by atoms with Gasteiger partial charge in [-0.05, 0) is 54.8 Å². The van der Waals surface area contributed by atoms with Crippen molar-refractivity contribution in [2.45, 2.75) is 44.9 Å². The van der Waals surface area contributed by atoms with Gasteiger partial charge in [-0.1, -0.05) is 18.2 Å². The fourth-order valence-corrected chi connectivity index (χ4v) is 4.15. The zero-order valence-electron chi connectivity index (χ0n) is 21.5. The second kappa shape index (κ2) is 13.6. The average molecular weight is 514 g/mol. The maximum absolute atomic E-state index is 12.6.